The molecule has 0 aromatic carbocycles. The number of unbranched alkanes of at least 4 members (excludes halogenated alkanes) is 35. The van der Waals surface area contributed by atoms with Crippen molar-refractivity contribution in [1.82, 2.24) is 5.32 Å². The van der Waals surface area contributed by atoms with Crippen LogP contribution < -0.4 is 5.32 Å². The van der Waals surface area contributed by atoms with Crippen molar-refractivity contribution in [2.45, 2.75) is 307 Å². The van der Waals surface area contributed by atoms with Crippen molar-refractivity contribution in [2.75, 3.05) is 13.2 Å². The molecule has 378 valence electrons. The quantitative estimate of drug-likeness (QED) is 0.0261. The first-order valence-electron chi connectivity index (χ1n) is 27.6. The predicted octanol–water partition coefficient (Wildman–Crippen LogP) is 13.0. The Labute approximate surface area is 394 Å². The Kier molecular flexibility index (Phi) is 43.1. The van der Waals surface area contributed by atoms with Crippen LogP contribution in [-0.4, -0.2) is 87.5 Å². The molecule has 1 fully saturated rings. The number of carbonyl (C=O) groups excluding carboxylic acids is 1. The van der Waals surface area contributed by atoms with Crippen molar-refractivity contribution in [3.8, 4) is 0 Å². The molecule has 9 heteroatoms. The van der Waals surface area contributed by atoms with Crippen LogP contribution in [0.1, 0.15) is 264 Å². The zero-order valence-corrected chi connectivity index (χ0v) is 41.8. The normalized spacial score (nSPS) is 20.1. The van der Waals surface area contributed by atoms with E-state index in [0.717, 1.165) is 38.5 Å². The van der Waals surface area contributed by atoms with E-state index in [-0.39, 0.29) is 12.5 Å². The number of aliphatic hydroxyl groups is 5. The van der Waals surface area contributed by atoms with Gasteiger partial charge in [-0.2, -0.15) is 0 Å². The second-order valence-electron chi connectivity index (χ2n) is 19.4. The van der Waals surface area contributed by atoms with E-state index in [9.17, 15) is 30.3 Å². The molecule has 9 nitrogen and oxygen atoms in total. The van der Waals surface area contributed by atoms with Gasteiger partial charge in [0.1, 0.15) is 24.4 Å². The molecule has 0 radical (unpaired) electrons. The molecule has 0 saturated carbocycles. The van der Waals surface area contributed by atoms with E-state index in [1.54, 1.807) is 6.08 Å². The van der Waals surface area contributed by atoms with Crippen LogP contribution in [0.3, 0.4) is 0 Å². The maximum absolute atomic E-state index is 13.0. The first-order chi connectivity index (χ1) is 31.3. The Bertz CT molecular complexity index is 1060. The van der Waals surface area contributed by atoms with Crippen molar-refractivity contribution >= 4 is 5.91 Å². The lowest BCUT2D eigenvalue weighted by Crippen LogP contribution is -2.60. The highest BCUT2D eigenvalue weighted by atomic mass is 16.7. The molecular formula is C55H105NO8. The number of rotatable bonds is 47. The minimum atomic E-state index is -1.57. The number of allylic oxidation sites excluding steroid dienone is 3. The zero-order valence-electron chi connectivity index (χ0n) is 41.8. The molecule has 1 rings (SSSR count). The second kappa shape index (κ2) is 45.5. The minimum absolute atomic E-state index is 0.178. The summed E-state index contributed by atoms with van der Waals surface area (Å²) < 4.78 is 11.3. The Morgan fingerprint density at radius 3 is 1.27 bits per heavy atom. The average molecular weight is 908 g/mol. The van der Waals surface area contributed by atoms with Crippen molar-refractivity contribution < 1.29 is 39.8 Å². The van der Waals surface area contributed by atoms with Crippen LogP contribution in [0.5, 0.6) is 0 Å². The lowest BCUT2D eigenvalue weighted by Gasteiger charge is -2.40. The summed E-state index contributed by atoms with van der Waals surface area (Å²) in [6.07, 6.45) is 49.5. The van der Waals surface area contributed by atoms with Crippen molar-refractivity contribution in [3.63, 3.8) is 0 Å². The Hall–Kier alpha value is -1.33. The summed E-state index contributed by atoms with van der Waals surface area (Å²) in [5.41, 5.74) is 0. The van der Waals surface area contributed by atoms with Crippen LogP contribution in [0.4, 0.5) is 0 Å². The molecule has 0 bridgehead atoms. The third kappa shape index (κ3) is 34.9. The third-order valence-corrected chi connectivity index (χ3v) is 13.3. The number of amides is 1. The fourth-order valence-electron chi connectivity index (χ4n) is 8.86. The van der Waals surface area contributed by atoms with E-state index < -0.39 is 49.5 Å². The van der Waals surface area contributed by atoms with Gasteiger partial charge in [-0.15, -0.1) is 0 Å². The molecular weight excluding hydrogens is 803 g/mol. The highest BCUT2D eigenvalue weighted by Crippen LogP contribution is 2.23. The first-order valence-corrected chi connectivity index (χ1v) is 27.6. The van der Waals surface area contributed by atoms with Gasteiger partial charge in [0.05, 0.1) is 25.4 Å². The molecule has 7 atom stereocenters. The number of hydrogen-bond donors (Lipinski definition) is 6. The summed E-state index contributed by atoms with van der Waals surface area (Å²) in [6.45, 7) is 3.80. The summed E-state index contributed by atoms with van der Waals surface area (Å²) in [6, 6.07) is -0.805. The second-order valence-corrected chi connectivity index (χ2v) is 19.4. The number of nitrogens with one attached hydrogen (secondary N) is 1. The third-order valence-electron chi connectivity index (χ3n) is 13.3. The molecule has 1 aliphatic rings. The lowest BCUT2D eigenvalue weighted by molar-refractivity contribution is -0.302. The molecule has 1 aliphatic heterocycles. The number of aliphatic hydroxyl groups excluding tert-OH is 5. The standard InChI is InChI=1S/C55H105NO8/c1-3-5-7-9-11-13-15-17-19-21-23-24-25-26-27-29-31-33-35-37-39-41-43-45-51(59)56-48(47-63-55-54(62)53(61)52(60)50(46-57)64-55)49(58)44-42-40-38-36-34-32-30-28-22-20-18-16-14-12-10-8-6-4-2/h26-27,42,44,48-50,52-55,57-58,60-62H,3-25,28-41,43,45-47H2,1-2H3,(H,56,59)/b27-26-,44-42+. The smallest absolute Gasteiger partial charge is 0.220 e. The van der Waals surface area contributed by atoms with Gasteiger partial charge >= 0.3 is 0 Å². The Morgan fingerprint density at radius 1 is 0.516 bits per heavy atom. The van der Waals surface area contributed by atoms with E-state index in [2.05, 4.69) is 31.3 Å². The van der Waals surface area contributed by atoms with Crippen LogP contribution in [0.15, 0.2) is 24.3 Å². The largest absolute Gasteiger partial charge is 0.394 e. The monoisotopic (exact) mass is 908 g/mol. The van der Waals surface area contributed by atoms with E-state index in [1.165, 1.54) is 205 Å². The summed E-state index contributed by atoms with van der Waals surface area (Å²) in [5.74, 6) is -0.178. The molecule has 64 heavy (non-hydrogen) atoms. The molecule has 7 unspecified atom stereocenters. The van der Waals surface area contributed by atoms with Crippen molar-refractivity contribution in [3.05, 3.63) is 24.3 Å². The van der Waals surface area contributed by atoms with Crippen molar-refractivity contribution in [1.29, 1.82) is 0 Å². The molecule has 0 spiro atoms. The van der Waals surface area contributed by atoms with Gasteiger partial charge in [-0.3, -0.25) is 4.79 Å². The highest BCUT2D eigenvalue weighted by molar-refractivity contribution is 5.76. The fourth-order valence-corrected chi connectivity index (χ4v) is 8.86. The fraction of sp³-hybridized carbons (Fsp3) is 0.909. The van der Waals surface area contributed by atoms with Gasteiger partial charge < -0.3 is 40.3 Å². The molecule has 1 saturated heterocycles. The Balaban J connectivity index is 2.25. The van der Waals surface area contributed by atoms with Gasteiger partial charge in [0, 0.05) is 6.42 Å². The van der Waals surface area contributed by atoms with Crippen LogP contribution in [0, 0.1) is 0 Å². The van der Waals surface area contributed by atoms with E-state index in [0.29, 0.717) is 6.42 Å². The van der Waals surface area contributed by atoms with Gasteiger partial charge in [0.2, 0.25) is 5.91 Å². The van der Waals surface area contributed by atoms with E-state index in [1.807, 2.05) is 6.08 Å². The molecule has 0 aliphatic carbocycles. The number of ether oxygens (including phenoxy) is 2. The average Bonchev–Trinajstić information content (AvgIpc) is 3.29. The SMILES string of the molecule is CCCCCCCCCCCCCC/C=C\CCCCCCCCCC(=O)NC(COC1OC(CO)C(O)C(O)C1O)C(O)/C=C/CCCCCCCCCCCCCCCCCC. The van der Waals surface area contributed by atoms with Crippen LogP contribution in [0.2, 0.25) is 0 Å². The maximum Gasteiger partial charge on any atom is 0.220 e. The van der Waals surface area contributed by atoms with Crippen LogP contribution in [0.25, 0.3) is 0 Å². The zero-order chi connectivity index (χ0) is 46.6. The van der Waals surface area contributed by atoms with Crippen LogP contribution >= 0.6 is 0 Å². The van der Waals surface area contributed by atoms with E-state index in [4.69, 9.17) is 9.47 Å². The van der Waals surface area contributed by atoms with Crippen LogP contribution in [-0.2, 0) is 14.3 Å². The van der Waals surface area contributed by atoms with Gasteiger partial charge in [-0.25, -0.2) is 0 Å². The summed E-state index contributed by atoms with van der Waals surface area (Å²) in [5, 5.41) is 54.4. The molecule has 1 amide bonds. The molecule has 0 aromatic rings. The topological polar surface area (TPSA) is 149 Å². The summed E-state index contributed by atoms with van der Waals surface area (Å²) in [7, 11) is 0. The maximum atomic E-state index is 13.0. The van der Waals surface area contributed by atoms with Gasteiger partial charge in [-0.05, 0) is 44.9 Å². The van der Waals surface area contributed by atoms with Gasteiger partial charge in [0.15, 0.2) is 6.29 Å². The molecule has 0 aromatic heterocycles. The highest BCUT2D eigenvalue weighted by Gasteiger charge is 2.44. The number of carbonyl (C=O) groups is 1. The lowest BCUT2D eigenvalue weighted by atomic mass is 9.99. The minimum Gasteiger partial charge on any atom is -0.394 e. The van der Waals surface area contributed by atoms with E-state index >= 15 is 0 Å². The number of hydrogen-bond acceptors (Lipinski definition) is 8. The molecule has 1 heterocycles. The first kappa shape index (κ1) is 60.7. The predicted molar refractivity (Wildman–Crippen MR) is 267 cm³/mol. The Morgan fingerprint density at radius 2 is 0.875 bits per heavy atom. The summed E-state index contributed by atoms with van der Waals surface area (Å²) >= 11 is 0. The summed E-state index contributed by atoms with van der Waals surface area (Å²) in [4.78, 5) is 13.0. The van der Waals surface area contributed by atoms with Crippen molar-refractivity contribution in [2.24, 2.45) is 0 Å². The molecule has 6 N–H and O–H groups in total. The van der Waals surface area contributed by atoms with Gasteiger partial charge in [-0.1, -0.05) is 237 Å². The van der Waals surface area contributed by atoms with Gasteiger partial charge in [0.25, 0.3) is 0 Å².